The number of benzene rings is 2. The molecule has 0 saturated carbocycles. The van der Waals surface area contributed by atoms with Crippen LogP contribution in [0.25, 0.3) is 6.08 Å². The van der Waals surface area contributed by atoms with Crippen molar-refractivity contribution in [3.8, 4) is 5.75 Å². The number of nitro benzene ring substituents is 1. The van der Waals surface area contributed by atoms with Crippen LogP contribution in [0.4, 0.5) is 11.4 Å². The van der Waals surface area contributed by atoms with E-state index in [9.17, 15) is 14.9 Å². The third-order valence-electron chi connectivity index (χ3n) is 3.71. The number of carbonyl (C=O) groups is 1. The molecular formula is C19H13BrN2O4S2. The second-order valence-electron chi connectivity index (χ2n) is 5.58. The van der Waals surface area contributed by atoms with Crippen molar-refractivity contribution in [2.75, 3.05) is 11.5 Å². The molecule has 1 aliphatic heterocycles. The minimum Gasteiger partial charge on any atom is -0.489 e. The number of rotatable bonds is 6. The first kappa shape index (κ1) is 20.2. The van der Waals surface area contributed by atoms with E-state index in [0.717, 1.165) is 16.2 Å². The number of halogens is 1. The Morgan fingerprint density at radius 3 is 2.82 bits per heavy atom. The number of nitro groups is 1. The van der Waals surface area contributed by atoms with Crippen LogP contribution < -0.4 is 9.64 Å². The van der Waals surface area contributed by atoms with Crippen molar-refractivity contribution in [3.63, 3.8) is 0 Å². The predicted molar refractivity (Wildman–Crippen MR) is 119 cm³/mol. The van der Waals surface area contributed by atoms with Gasteiger partial charge in [0.1, 0.15) is 12.4 Å². The van der Waals surface area contributed by atoms with Crippen LogP contribution in [0.15, 0.2) is 64.5 Å². The molecule has 2 aromatic carbocycles. The van der Waals surface area contributed by atoms with Crippen LogP contribution in [-0.4, -0.2) is 21.8 Å². The van der Waals surface area contributed by atoms with Gasteiger partial charge in [-0.3, -0.25) is 19.8 Å². The SMILES string of the molecule is C=CCOc1ccc(Br)cc1/C=C1\SC(=S)N(c2cccc([N+](=O)[O-])c2)C1=O. The summed E-state index contributed by atoms with van der Waals surface area (Å²) in [6.07, 6.45) is 3.33. The molecule has 0 radical (unpaired) electrons. The fourth-order valence-electron chi connectivity index (χ4n) is 2.49. The molecule has 0 aliphatic carbocycles. The van der Waals surface area contributed by atoms with Gasteiger partial charge in [0, 0.05) is 22.2 Å². The average molecular weight is 477 g/mol. The number of amides is 1. The van der Waals surface area contributed by atoms with Crippen molar-refractivity contribution in [1.29, 1.82) is 0 Å². The standard InChI is InChI=1S/C19H13BrN2O4S2/c1-2-8-26-16-7-6-13(20)9-12(16)10-17-18(23)21(19(27)28-17)14-4-3-5-15(11-14)22(24)25/h2-7,9-11H,1,8H2/b17-10-. The zero-order valence-corrected chi connectivity index (χ0v) is 17.6. The smallest absolute Gasteiger partial charge is 0.271 e. The number of nitrogens with zero attached hydrogens (tertiary/aromatic N) is 2. The highest BCUT2D eigenvalue weighted by atomic mass is 79.9. The minimum absolute atomic E-state index is 0.109. The van der Waals surface area contributed by atoms with Crippen molar-refractivity contribution < 1.29 is 14.5 Å². The van der Waals surface area contributed by atoms with Crippen molar-refractivity contribution >= 4 is 67.6 Å². The van der Waals surface area contributed by atoms with Gasteiger partial charge in [0.15, 0.2) is 4.32 Å². The van der Waals surface area contributed by atoms with E-state index in [1.807, 2.05) is 12.1 Å². The highest BCUT2D eigenvalue weighted by Gasteiger charge is 2.34. The quantitative estimate of drug-likeness (QED) is 0.184. The number of thioether (sulfide) groups is 1. The van der Waals surface area contributed by atoms with E-state index in [4.69, 9.17) is 17.0 Å². The lowest BCUT2D eigenvalue weighted by Crippen LogP contribution is -2.27. The number of thiocarbonyl (C=S) groups is 1. The average Bonchev–Trinajstić information content (AvgIpc) is 2.94. The lowest BCUT2D eigenvalue weighted by Gasteiger charge is -2.14. The third kappa shape index (κ3) is 4.32. The molecule has 0 aromatic heterocycles. The molecule has 1 saturated heterocycles. The van der Waals surface area contributed by atoms with E-state index in [0.29, 0.717) is 32.8 Å². The number of anilines is 1. The molecule has 0 atom stereocenters. The van der Waals surface area contributed by atoms with Crippen molar-refractivity contribution in [3.05, 3.63) is 80.2 Å². The Kier molecular flexibility index (Phi) is 6.28. The highest BCUT2D eigenvalue weighted by Crippen LogP contribution is 2.38. The van der Waals surface area contributed by atoms with Crippen molar-refractivity contribution in [1.82, 2.24) is 0 Å². The minimum atomic E-state index is -0.512. The summed E-state index contributed by atoms with van der Waals surface area (Å²) in [5.74, 6) is 0.258. The second kappa shape index (κ2) is 8.68. The van der Waals surface area contributed by atoms with Gasteiger partial charge in [-0.25, -0.2) is 0 Å². The maximum absolute atomic E-state index is 12.9. The first-order valence-electron chi connectivity index (χ1n) is 7.96. The summed E-state index contributed by atoms with van der Waals surface area (Å²) in [7, 11) is 0. The molecule has 3 rings (SSSR count). The van der Waals surface area contributed by atoms with Crippen molar-refractivity contribution in [2.45, 2.75) is 0 Å². The lowest BCUT2D eigenvalue weighted by atomic mass is 10.2. The van der Waals surface area contributed by atoms with Gasteiger partial charge in [0.2, 0.25) is 0 Å². The Morgan fingerprint density at radius 1 is 1.32 bits per heavy atom. The molecule has 0 spiro atoms. The number of hydrogen-bond donors (Lipinski definition) is 0. The van der Waals surface area contributed by atoms with Gasteiger partial charge in [-0.1, -0.05) is 58.6 Å². The molecule has 1 amide bonds. The maximum Gasteiger partial charge on any atom is 0.271 e. The van der Waals surface area contributed by atoms with E-state index in [2.05, 4.69) is 22.5 Å². The summed E-state index contributed by atoms with van der Waals surface area (Å²) < 4.78 is 6.78. The van der Waals surface area contributed by atoms with E-state index >= 15 is 0 Å². The van der Waals surface area contributed by atoms with Crippen LogP contribution >= 0.6 is 39.9 Å². The highest BCUT2D eigenvalue weighted by molar-refractivity contribution is 9.10. The van der Waals surface area contributed by atoms with Gasteiger partial charge >= 0.3 is 0 Å². The number of ether oxygens (including phenoxy) is 1. The van der Waals surface area contributed by atoms with Crippen LogP contribution in [0.1, 0.15) is 5.56 Å². The molecule has 1 heterocycles. The van der Waals surface area contributed by atoms with Crippen LogP contribution in [0, 0.1) is 10.1 Å². The largest absolute Gasteiger partial charge is 0.489 e. The first-order chi connectivity index (χ1) is 13.4. The normalized spacial score (nSPS) is 15.2. The summed E-state index contributed by atoms with van der Waals surface area (Å²) in [5.41, 5.74) is 0.955. The Labute approximate surface area is 179 Å². The van der Waals surface area contributed by atoms with Crippen LogP contribution in [-0.2, 0) is 4.79 Å². The molecular weight excluding hydrogens is 464 g/mol. The second-order valence-corrected chi connectivity index (χ2v) is 8.17. The first-order valence-corrected chi connectivity index (χ1v) is 9.98. The van der Waals surface area contributed by atoms with Crippen LogP contribution in [0.3, 0.4) is 0 Å². The van der Waals surface area contributed by atoms with E-state index in [1.165, 1.54) is 23.1 Å². The summed E-state index contributed by atoms with van der Waals surface area (Å²) in [4.78, 5) is 25.1. The third-order valence-corrected chi connectivity index (χ3v) is 5.50. The Bertz CT molecular complexity index is 1020. The summed E-state index contributed by atoms with van der Waals surface area (Å²) >= 11 is 9.88. The predicted octanol–water partition coefficient (Wildman–Crippen LogP) is 5.33. The zero-order valence-electron chi connectivity index (χ0n) is 14.3. The van der Waals surface area contributed by atoms with E-state index in [-0.39, 0.29) is 11.6 Å². The molecule has 0 N–H and O–H groups in total. The molecule has 0 bridgehead atoms. The fraction of sp³-hybridized carbons (Fsp3) is 0.0526. The van der Waals surface area contributed by atoms with Gasteiger partial charge in [0.25, 0.3) is 11.6 Å². The van der Waals surface area contributed by atoms with E-state index in [1.54, 1.807) is 24.3 Å². The van der Waals surface area contributed by atoms with Gasteiger partial charge in [-0.05, 0) is 30.3 Å². The summed E-state index contributed by atoms with van der Waals surface area (Å²) in [6, 6.07) is 11.3. The maximum atomic E-state index is 12.9. The molecule has 1 fully saturated rings. The number of carbonyl (C=O) groups excluding carboxylic acids is 1. The summed E-state index contributed by atoms with van der Waals surface area (Å²) in [5, 5.41) is 11.0. The van der Waals surface area contributed by atoms with E-state index < -0.39 is 4.92 Å². The Morgan fingerprint density at radius 2 is 2.11 bits per heavy atom. The fourth-order valence-corrected chi connectivity index (χ4v) is 4.16. The topological polar surface area (TPSA) is 72.7 Å². The van der Waals surface area contributed by atoms with Gasteiger partial charge in [0.05, 0.1) is 15.5 Å². The number of hydrogen-bond acceptors (Lipinski definition) is 6. The molecule has 1 aliphatic rings. The molecule has 2 aromatic rings. The molecule has 0 unspecified atom stereocenters. The van der Waals surface area contributed by atoms with Crippen molar-refractivity contribution in [2.24, 2.45) is 0 Å². The zero-order chi connectivity index (χ0) is 20.3. The monoisotopic (exact) mass is 476 g/mol. The Hall–Kier alpha value is -2.49. The van der Waals surface area contributed by atoms with Gasteiger partial charge < -0.3 is 4.74 Å². The van der Waals surface area contributed by atoms with Gasteiger partial charge in [-0.2, -0.15) is 0 Å². The molecule has 6 nitrogen and oxygen atoms in total. The number of non-ortho nitro benzene ring substituents is 1. The summed E-state index contributed by atoms with van der Waals surface area (Å²) in [6.45, 7) is 3.96. The molecule has 28 heavy (non-hydrogen) atoms. The van der Waals surface area contributed by atoms with Crippen LogP contribution in [0.2, 0.25) is 0 Å². The van der Waals surface area contributed by atoms with Crippen LogP contribution in [0.5, 0.6) is 5.75 Å². The Balaban J connectivity index is 1.96. The lowest BCUT2D eigenvalue weighted by molar-refractivity contribution is -0.384. The van der Waals surface area contributed by atoms with Gasteiger partial charge in [-0.15, -0.1) is 0 Å². The molecule has 9 heteroatoms. The molecule has 142 valence electrons.